The first-order valence-corrected chi connectivity index (χ1v) is 7.31. The van der Waals surface area contributed by atoms with Crippen molar-refractivity contribution in [3.05, 3.63) is 28.2 Å². The van der Waals surface area contributed by atoms with Gasteiger partial charge in [0.1, 0.15) is 11.3 Å². The third-order valence-corrected chi connectivity index (χ3v) is 3.61. The molecule has 1 aliphatic heterocycles. The predicted molar refractivity (Wildman–Crippen MR) is 78.6 cm³/mol. The molecule has 1 heterocycles. The highest BCUT2D eigenvalue weighted by Crippen LogP contribution is 2.24. The standard InChI is InChI=1S/C14H16BrNO5/c1-9-7-16(4-5-20-9)13(17)8-21-12-6-10(15)2-3-11(12)14(18)19/h2-3,6,9H,4-5,7-8H2,1H3,(H,18,19). The van der Waals surface area contributed by atoms with Gasteiger partial charge in [0.15, 0.2) is 6.61 Å². The number of carbonyl (C=O) groups excluding carboxylic acids is 1. The van der Waals surface area contributed by atoms with Gasteiger partial charge < -0.3 is 19.5 Å². The number of hydrogen-bond donors (Lipinski definition) is 1. The number of carbonyl (C=O) groups is 2. The Kier molecular flexibility index (Phi) is 5.19. The summed E-state index contributed by atoms with van der Waals surface area (Å²) in [7, 11) is 0. The number of halogens is 1. The van der Waals surface area contributed by atoms with E-state index < -0.39 is 5.97 Å². The fourth-order valence-electron chi connectivity index (χ4n) is 2.07. The summed E-state index contributed by atoms with van der Waals surface area (Å²) in [6.07, 6.45) is 0.00292. The van der Waals surface area contributed by atoms with E-state index in [4.69, 9.17) is 14.6 Å². The van der Waals surface area contributed by atoms with Gasteiger partial charge in [-0.1, -0.05) is 15.9 Å². The molecule has 1 saturated heterocycles. The van der Waals surface area contributed by atoms with Gasteiger partial charge in [-0.3, -0.25) is 4.79 Å². The van der Waals surface area contributed by atoms with Gasteiger partial charge in [0.2, 0.25) is 0 Å². The molecule has 1 aromatic carbocycles. The van der Waals surface area contributed by atoms with Crippen molar-refractivity contribution in [3.8, 4) is 5.75 Å². The number of carboxylic acids is 1. The molecule has 21 heavy (non-hydrogen) atoms. The molecule has 1 atom stereocenters. The van der Waals surface area contributed by atoms with Crippen LogP contribution in [0.5, 0.6) is 5.75 Å². The minimum atomic E-state index is -1.09. The van der Waals surface area contributed by atoms with Crippen LogP contribution in [0.4, 0.5) is 0 Å². The fraction of sp³-hybridized carbons (Fsp3) is 0.429. The molecule has 0 aromatic heterocycles. The first-order chi connectivity index (χ1) is 9.97. The van der Waals surface area contributed by atoms with E-state index >= 15 is 0 Å². The predicted octanol–water partition coefficient (Wildman–Crippen LogP) is 1.77. The van der Waals surface area contributed by atoms with Crippen molar-refractivity contribution in [3.63, 3.8) is 0 Å². The average molecular weight is 358 g/mol. The van der Waals surface area contributed by atoms with E-state index in [0.29, 0.717) is 24.2 Å². The molecule has 1 fully saturated rings. The summed E-state index contributed by atoms with van der Waals surface area (Å²) < 4.78 is 11.4. The number of nitrogens with zero attached hydrogens (tertiary/aromatic N) is 1. The van der Waals surface area contributed by atoms with Crippen LogP contribution in [-0.2, 0) is 9.53 Å². The van der Waals surface area contributed by atoms with Gasteiger partial charge in [0.05, 0.1) is 12.7 Å². The van der Waals surface area contributed by atoms with Crippen molar-refractivity contribution in [2.45, 2.75) is 13.0 Å². The van der Waals surface area contributed by atoms with Crippen LogP contribution >= 0.6 is 15.9 Å². The van der Waals surface area contributed by atoms with Crippen LogP contribution < -0.4 is 4.74 Å². The number of amides is 1. The van der Waals surface area contributed by atoms with Crippen LogP contribution in [0.2, 0.25) is 0 Å². The van der Waals surface area contributed by atoms with Gasteiger partial charge in [-0.2, -0.15) is 0 Å². The summed E-state index contributed by atoms with van der Waals surface area (Å²) in [4.78, 5) is 24.8. The van der Waals surface area contributed by atoms with Gasteiger partial charge in [-0.15, -0.1) is 0 Å². The van der Waals surface area contributed by atoms with Crippen LogP contribution in [0, 0.1) is 0 Å². The highest BCUT2D eigenvalue weighted by Gasteiger charge is 2.22. The van der Waals surface area contributed by atoms with Gasteiger partial charge in [0, 0.05) is 17.6 Å². The van der Waals surface area contributed by atoms with Crippen molar-refractivity contribution < 1.29 is 24.2 Å². The Bertz CT molecular complexity index is 548. The maximum Gasteiger partial charge on any atom is 0.339 e. The maximum atomic E-state index is 12.1. The quantitative estimate of drug-likeness (QED) is 0.888. The van der Waals surface area contributed by atoms with Gasteiger partial charge in [-0.25, -0.2) is 4.79 Å². The van der Waals surface area contributed by atoms with E-state index in [1.54, 1.807) is 17.0 Å². The lowest BCUT2D eigenvalue weighted by molar-refractivity contribution is -0.140. The molecule has 0 bridgehead atoms. The van der Waals surface area contributed by atoms with Crippen LogP contribution in [0.25, 0.3) is 0 Å². The second-order valence-corrected chi connectivity index (χ2v) is 5.67. The van der Waals surface area contributed by atoms with Crippen molar-refractivity contribution in [1.29, 1.82) is 0 Å². The lowest BCUT2D eigenvalue weighted by Crippen LogP contribution is -2.46. The molecule has 1 unspecified atom stereocenters. The number of rotatable bonds is 4. The first-order valence-electron chi connectivity index (χ1n) is 6.52. The number of aromatic carboxylic acids is 1. The van der Waals surface area contributed by atoms with E-state index in [1.165, 1.54) is 6.07 Å². The van der Waals surface area contributed by atoms with Gasteiger partial charge >= 0.3 is 5.97 Å². The highest BCUT2D eigenvalue weighted by molar-refractivity contribution is 9.10. The number of hydrogen-bond acceptors (Lipinski definition) is 4. The van der Waals surface area contributed by atoms with Crippen molar-refractivity contribution in [2.75, 3.05) is 26.3 Å². The second kappa shape index (κ2) is 6.91. The minimum absolute atomic E-state index is 0.00292. The lowest BCUT2D eigenvalue weighted by Gasteiger charge is -2.31. The second-order valence-electron chi connectivity index (χ2n) is 4.76. The number of carboxylic acid groups (broad SMARTS) is 1. The Balaban J connectivity index is 2.00. The molecular formula is C14H16BrNO5. The molecule has 6 nitrogen and oxygen atoms in total. The molecule has 114 valence electrons. The first kappa shape index (κ1) is 15.8. The lowest BCUT2D eigenvalue weighted by atomic mass is 10.2. The third kappa shape index (κ3) is 4.18. The van der Waals surface area contributed by atoms with Crippen LogP contribution in [-0.4, -0.2) is 54.3 Å². The van der Waals surface area contributed by atoms with Crippen molar-refractivity contribution in [1.82, 2.24) is 4.90 Å². The summed E-state index contributed by atoms with van der Waals surface area (Å²) in [5, 5.41) is 9.10. The van der Waals surface area contributed by atoms with Crippen LogP contribution in [0.1, 0.15) is 17.3 Å². The molecule has 1 amide bonds. The average Bonchev–Trinajstić information content (AvgIpc) is 2.44. The molecule has 1 N–H and O–H groups in total. The van der Waals surface area contributed by atoms with Crippen molar-refractivity contribution in [2.24, 2.45) is 0 Å². The summed E-state index contributed by atoms with van der Waals surface area (Å²) in [5.41, 5.74) is 0.0290. The van der Waals surface area contributed by atoms with E-state index in [0.717, 1.165) is 0 Å². The number of ether oxygens (including phenoxy) is 2. The Morgan fingerprint density at radius 1 is 1.52 bits per heavy atom. The zero-order chi connectivity index (χ0) is 15.4. The molecule has 0 saturated carbocycles. The van der Waals surface area contributed by atoms with Gasteiger partial charge in [0.25, 0.3) is 5.91 Å². The monoisotopic (exact) mass is 357 g/mol. The molecule has 1 aliphatic rings. The van der Waals surface area contributed by atoms with E-state index in [1.807, 2.05) is 6.92 Å². The van der Waals surface area contributed by atoms with E-state index in [9.17, 15) is 9.59 Å². The molecule has 2 rings (SSSR count). The summed E-state index contributed by atoms with van der Waals surface area (Å²) in [6.45, 7) is 3.26. The Morgan fingerprint density at radius 3 is 2.95 bits per heavy atom. The normalized spacial score (nSPS) is 18.4. The third-order valence-electron chi connectivity index (χ3n) is 3.12. The largest absolute Gasteiger partial charge is 0.483 e. The Labute approximate surface area is 130 Å². The smallest absolute Gasteiger partial charge is 0.339 e. The number of benzene rings is 1. The molecular weight excluding hydrogens is 342 g/mol. The number of morpholine rings is 1. The Morgan fingerprint density at radius 2 is 2.29 bits per heavy atom. The topological polar surface area (TPSA) is 76.1 Å². The maximum absolute atomic E-state index is 12.1. The van der Waals surface area contributed by atoms with E-state index in [-0.39, 0.29) is 29.9 Å². The zero-order valence-corrected chi connectivity index (χ0v) is 13.1. The molecule has 0 aliphatic carbocycles. The SMILES string of the molecule is CC1CN(C(=O)COc2cc(Br)ccc2C(=O)O)CCO1. The zero-order valence-electron chi connectivity index (χ0n) is 11.5. The van der Waals surface area contributed by atoms with E-state index in [2.05, 4.69) is 15.9 Å². The molecule has 1 aromatic rings. The summed E-state index contributed by atoms with van der Waals surface area (Å²) in [6, 6.07) is 4.59. The highest BCUT2D eigenvalue weighted by atomic mass is 79.9. The van der Waals surface area contributed by atoms with Gasteiger partial charge in [-0.05, 0) is 25.1 Å². The molecule has 0 radical (unpaired) electrons. The summed E-state index contributed by atoms with van der Waals surface area (Å²) in [5.74, 6) is -1.10. The fourth-order valence-corrected chi connectivity index (χ4v) is 2.41. The molecule has 7 heteroatoms. The summed E-state index contributed by atoms with van der Waals surface area (Å²) >= 11 is 3.25. The van der Waals surface area contributed by atoms with Crippen LogP contribution in [0.15, 0.2) is 22.7 Å². The minimum Gasteiger partial charge on any atom is -0.483 e. The van der Waals surface area contributed by atoms with Crippen molar-refractivity contribution >= 4 is 27.8 Å². The molecule has 0 spiro atoms. The Hall–Kier alpha value is -1.60. The van der Waals surface area contributed by atoms with Crippen LogP contribution in [0.3, 0.4) is 0 Å².